The van der Waals surface area contributed by atoms with Gasteiger partial charge in [0, 0.05) is 44.2 Å². The highest BCUT2D eigenvalue weighted by Gasteiger charge is 2.31. The van der Waals surface area contributed by atoms with Crippen LogP contribution in [-0.2, 0) is 11.8 Å². The molecular formula is C22H23ClN6OS. The highest BCUT2D eigenvalue weighted by molar-refractivity contribution is 7.11. The molecular weight excluding hydrogens is 432 g/mol. The Hall–Kier alpha value is -2.97. The Morgan fingerprint density at radius 2 is 2.03 bits per heavy atom. The van der Waals surface area contributed by atoms with Crippen LogP contribution in [0.3, 0.4) is 0 Å². The lowest BCUT2D eigenvalue weighted by molar-refractivity contribution is -0.117. The monoisotopic (exact) mass is 454 g/mol. The Balaban J connectivity index is 0.00000231. The standard InChI is InChI=1S/C22H22N6OS.ClH/c1-27(2)18-6-4-5-17(23-18)19-20(26-30-22(19)24-21(29)13-7-8-13)14-9-10-16-15(11-14)12-28(3)25-16;/h4-6,9-13H,7-8H2,1-3H3,(H,24,29);1H. The number of carbonyl (C=O) groups is 1. The summed E-state index contributed by atoms with van der Waals surface area (Å²) in [6.45, 7) is 0. The molecule has 4 aromatic rings. The number of halogens is 1. The first-order valence-electron chi connectivity index (χ1n) is 9.88. The first kappa shape index (κ1) is 21.3. The van der Waals surface area contributed by atoms with Crippen LogP contribution >= 0.6 is 23.9 Å². The van der Waals surface area contributed by atoms with E-state index in [1.807, 2.05) is 62.6 Å². The Bertz CT molecular complexity index is 1260. The zero-order valence-electron chi connectivity index (χ0n) is 17.5. The van der Waals surface area contributed by atoms with Crippen molar-refractivity contribution in [3.8, 4) is 22.5 Å². The van der Waals surface area contributed by atoms with Crippen LogP contribution in [0, 0.1) is 5.92 Å². The average Bonchev–Trinajstić information content (AvgIpc) is 3.40. The first-order valence-corrected chi connectivity index (χ1v) is 10.7. The summed E-state index contributed by atoms with van der Waals surface area (Å²) in [5.41, 5.74) is 4.39. The third-order valence-corrected chi connectivity index (χ3v) is 5.98. The van der Waals surface area contributed by atoms with Crippen molar-refractivity contribution in [2.45, 2.75) is 12.8 Å². The highest BCUT2D eigenvalue weighted by Crippen LogP contribution is 2.42. The predicted octanol–water partition coefficient (Wildman–Crippen LogP) is 4.60. The average molecular weight is 455 g/mol. The summed E-state index contributed by atoms with van der Waals surface area (Å²) in [4.78, 5) is 19.3. The van der Waals surface area contributed by atoms with Gasteiger partial charge in [0.2, 0.25) is 5.91 Å². The number of aryl methyl sites for hydroxylation is 1. The number of nitrogens with one attached hydrogen (secondary N) is 1. The number of rotatable bonds is 5. The molecule has 160 valence electrons. The van der Waals surface area contributed by atoms with E-state index < -0.39 is 0 Å². The highest BCUT2D eigenvalue weighted by atomic mass is 35.5. The minimum Gasteiger partial charge on any atom is -0.363 e. The zero-order chi connectivity index (χ0) is 20.8. The predicted molar refractivity (Wildman–Crippen MR) is 128 cm³/mol. The maximum atomic E-state index is 12.5. The molecule has 9 heteroatoms. The van der Waals surface area contributed by atoms with Crippen LogP contribution in [0.5, 0.6) is 0 Å². The first-order chi connectivity index (χ1) is 14.5. The van der Waals surface area contributed by atoms with Gasteiger partial charge in [0.15, 0.2) is 0 Å². The third kappa shape index (κ3) is 4.13. The van der Waals surface area contributed by atoms with Crippen molar-refractivity contribution in [2.75, 3.05) is 24.3 Å². The van der Waals surface area contributed by atoms with Crippen molar-refractivity contribution in [3.63, 3.8) is 0 Å². The largest absolute Gasteiger partial charge is 0.363 e. The fraction of sp³-hybridized carbons (Fsp3) is 0.273. The van der Waals surface area contributed by atoms with Crippen LogP contribution in [0.1, 0.15) is 12.8 Å². The van der Waals surface area contributed by atoms with Gasteiger partial charge in [0.25, 0.3) is 0 Å². The van der Waals surface area contributed by atoms with E-state index >= 15 is 0 Å². The van der Waals surface area contributed by atoms with Gasteiger partial charge in [0.05, 0.1) is 22.5 Å². The normalized spacial score (nSPS) is 13.1. The molecule has 1 N–H and O–H groups in total. The number of fused-ring (bicyclic) bond motifs is 1. The van der Waals surface area contributed by atoms with Gasteiger partial charge in [-0.05, 0) is 48.6 Å². The van der Waals surface area contributed by atoms with Crippen molar-refractivity contribution < 1.29 is 4.79 Å². The topological polar surface area (TPSA) is 75.9 Å². The molecule has 1 saturated carbocycles. The molecule has 1 aliphatic carbocycles. The second-order valence-electron chi connectivity index (χ2n) is 7.85. The molecule has 3 heterocycles. The number of benzene rings is 1. The Kier molecular flexibility index (Phi) is 5.68. The fourth-order valence-corrected chi connectivity index (χ4v) is 4.30. The van der Waals surface area contributed by atoms with Crippen molar-refractivity contribution in [3.05, 3.63) is 42.6 Å². The van der Waals surface area contributed by atoms with E-state index in [1.165, 1.54) is 11.5 Å². The van der Waals surface area contributed by atoms with Crippen LogP contribution in [-0.4, -0.2) is 39.1 Å². The quantitative estimate of drug-likeness (QED) is 0.477. The zero-order valence-corrected chi connectivity index (χ0v) is 19.1. The van der Waals surface area contributed by atoms with Crippen LogP contribution in [0.2, 0.25) is 0 Å². The molecule has 5 rings (SSSR count). The second-order valence-corrected chi connectivity index (χ2v) is 8.62. The van der Waals surface area contributed by atoms with Gasteiger partial charge in [-0.3, -0.25) is 9.48 Å². The van der Waals surface area contributed by atoms with Gasteiger partial charge < -0.3 is 10.2 Å². The molecule has 1 amide bonds. The van der Waals surface area contributed by atoms with Gasteiger partial charge in [-0.25, -0.2) is 4.98 Å². The summed E-state index contributed by atoms with van der Waals surface area (Å²) >= 11 is 1.31. The fourth-order valence-electron chi connectivity index (χ4n) is 3.48. The van der Waals surface area contributed by atoms with Gasteiger partial charge in [-0.2, -0.15) is 9.47 Å². The van der Waals surface area contributed by atoms with E-state index in [9.17, 15) is 4.79 Å². The molecule has 0 radical (unpaired) electrons. The van der Waals surface area contributed by atoms with Crippen molar-refractivity contribution in [2.24, 2.45) is 13.0 Å². The van der Waals surface area contributed by atoms with E-state index in [-0.39, 0.29) is 24.2 Å². The van der Waals surface area contributed by atoms with Gasteiger partial charge in [0.1, 0.15) is 10.8 Å². The van der Waals surface area contributed by atoms with Gasteiger partial charge in [-0.15, -0.1) is 12.4 Å². The number of carbonyl (C=O) groups excluding carboxylic acids is 1. The molecule has 1 fully saturated rings. The Labute approximate surface area is 190 Å². The Morgan fingerprint density at radius 3 is 2.77 bits per heavy atom. The van der Waals surface area contributed by atoms with Crippen molar-refractivity contribution in [1.29, 1.82) is 0 Å². The minimum atomic E-state index is 0. The summed E-state index contributed by atoms with van der Waals surface area (Å²) in [5, 5.41) is 9.35. The minimum absolute atomic E-state index is 0. The molecule has 1 aromatic carbocycles. The second kappa shape index (κ2) is 8.28. The molecule has 0 aliphatic heterocycles. The van der Waals surface area contributed by atoms with Gasteiger partial charge >= 0.3 is 0 Å². The number of anilines is 2. The third-order valence-electron chi connectivity index (χ3n) is 5.22. The van der Waals surface area contributed by atoms with Crippen molar-refractivity contribution in [1.82, 2.24) is 19.1 Å². The maximum absolute atomic E-state index is 12.5. The maximum Gasteiger partial charge on any atom is 0.228 e. The molecule has 0 saturated heterocycles. The van der Waals surface area contributed by atoms with E-state index in [2.05, 4.69) is 16.5 Å². The van der Waals surface area contributed by atoms with E-state index in [1.54, 1.807) is 4.68 Å². The van der Waals surface area contributed by atoms with Crippen LogP contribution in [0.15, 0.2) is 42.6 Å². The number of hydrogen-bond acceptors (Lipinski definition) is 6. The lowest BCUT2D eigenvalue weighted by Gasteiger charge is -2.13. The lowest BCUT2D eigenvalue weighted by atomic mass is 10.0. The number of aromatic nitrogens is 4. The molecule has 31 heavy (non-hydrogen) atoms. The van der Waals surface area contributed by atoms with E-state index in [4.69, 9.17) is 9.36 Å². The SMILES string of the molecule is CN(C)c1cccc(-c2c(-c3ccc4nn(C)cc4c3)nsc2NC(=O)C2CC2)n1.Cl. The number of amides is 1. The molecule has 0 atom stereocenters. The molecule has 3 aromatic heterocycles. The summed E-state index contributed by atoms with van der Waals surface area (Å²) in [6.07, 6.45) is 3.91. The Morgan fingerprint density at radius 1 is 1.23 bits per heavy atom. The summed E-state index contributed by atoms with van der Waals surface area (Å²) in [6, 6.07) is 12.0. The molecule has 1 aliphatic rings. The molecule has 0 unspecified atom stereocenters. The summed E-state index contributed by atoms with van der Waals surface area (Å²) in [7, 11) is 5.84. The van der Waals surface area contributed by atoms with E-state index in [0.29, 0.717) is 0 Å². The molecule has 7 nitrogen and oxygen atoms in total. The number of hydrogen-bond donors (Lipinski definition) is 1. The smallest absolute Gasteiger partial charge is 0.228 e. The van der Waals surface area contributed by atoms with Crippen LogP contribution in [0.25, 0.3) is 33.4 Å². The van der Waals surface area contributed by atoms with Crippen LogP contribution < -0.4 is 10.2 Å². The molecule has 0 spiro atoms. The molecule has 0 bridgehead atoms. The lowest BCUT2D eigenvalue weighted by Crippen LogP contribution is -2.13. The van der Waals surface area contributed by atoms with Crippen LogP contribution in [0.4, 0.5) is 10.8 Å². The van der Waals surface area contributed by atoms with Crippen molar-refractivity contribution >= 4 is 51.6 Å². The van der Waals surface area contributed by atoms with Gasteiger partial charge in [-0.1, -0.05) is 12.1 Å². The van der Waals surface area contributed by atoms with E-state index in [0.717, 1.165) is 57.1 Å². The number of nitrogens with zero attached hydrogens (tertiary/aromatic N) is 5. The number of pyridine rings is 1. The summed E-state index contributed by atoms with van der Waals surface area (Å²) < 4.78 is 6.54. The summed E-state index contributed by atoms with van der Waals surface area (Å²) in [5.74, 6) is 1.04.